The Morgan fingerprint density at radius 2 is 1.10 bits per heavy atom. The van der Waals surface area contributed by atoms with Gasteiger partial charge in [-0.25, -0.2) is 0 Å². The van der Waals surface area contributed by atoms with Gasteiger partial charge in [-0.15, -0.1) is 0 Å². The number of isocyanates is 3. The van der Waals surface area contributed by atoms with E-state index < -0.39 is 16.7 Å². The summed E-state index contributed by atoms with van der Waals surface area (Å²) in [5, 5.41) is 0. The summed E-state index contributed by atoms with van der Waals surface area (Å²) in [5.74, 6) is 0. The molecule has 0 amide bonds. The third-order valence-electron chi connectivity index (χ3n) is 0.291. The summed E-state index contributed by atoms with van der Waals surface area (Å²) in [6.07, 6.45) is 3.37. The Labute approximate surface area is 61.1 Å². The molecule has 0 aromatic heterocycles. The van der Waals surface area contributed by atoms with Crippen LogP contribution in [-0.2, 0) is 31.0 Å². The molecule has 0 N–H and O–H groups in total. The van der Waals surface area contributed by atoms with Gasteiger partial charge in [-0.1, -0.05) is 0 Å². The van der Waals surface area contributed by atoms with Gasteiger partial charge < -0.3 is 0 Å². The summed E-state index contributed by atoms with van der Waals surface area (Å²) in [6, 6.07) is 0. The quantitative estimate of drug-likeness (QED) is 0.366. The Morgan fingerprint density at radius 1 is 0.800 bits per heavy atom. The fourth-order valence-corrected chi connectivity index (χ4v) is 0.779. The molecule has 7 heteroatoms. The maximum atomic E-state index is 9.53. The fourth-order valence-electron chi connectivity index (χ4n) is 0.132. The zero-order valence-corrected chi connectivity index (χ0v) is 6.04. The van der Waals surface area contributed by atoms with Crippen LogP contribution in [0.15, 0.2) is 11.2 Å². The van der Waals surface area contributed by atoms with Crippen molar-refractivity contribution in [1.29, 1.82) is 0 Å². The van der Waals surface area contributed by atoms with Gasteiger partial charge in [0.1, 0.15) is 0 Å². The molecule has 0 aliphatic carbocycles. The van der Waals surface area contributed by atoms with Crippen molar-refractivity contribution in [1.82, 2.24) is 0 Å². The molecule has 0 radical (unpaired) electrons. The normalized spacial score (nSPS) is 7.80. The molecule has 0 fully saturated rings. The molecule has 0 aromatic rings. The number of hydrogen-bond acceptors (Lipinski definition) is 6. The second-order valence-electron chi connectivity index (χ2n) is 0.697. The van der Waals surface area contributed by atoms with Gasteiger partial charge in [0.15, 0.2) is 0 Å². The summed E-state index contributed by atoms with van der Waals surface area (Å²) in [6.45, 7) is 0. The van der Waals surface area contributed by atoms with Crippen LogP contribution < -0.4 is 0 Å². The first-order chi connectivity index (χ1) is 4.85. The second kappa shape index (κ2) is 5.89. The Morgan fingerprint density at radius 3 is 1.30 bits per heavy atom. The van der Waals surface area contributed by atoms with E-state index in [0.29, 0.717) is 0 Å². The van der Waals surface area contributed by atoms with Crippen LogP contribution >= 0.6 is 0 Å². The van der Waals surface area contributed by atoms with Crippen molar-refractivity contribution in [2.24, 2.45) is 11.2 Å². The van der Waals surface area contributed by atoms with E-state index in [-0.39, 0.29) is 0 Å². The third-order valence-corrected chi connectivity index (χ3v) is 1.72. The van der Waals surface area contributed by atoms with Crippen molar-refractivity contribution in [3.05, 3.63) is 0 Å². The van der Waals surface area contributed by atoms with Crippen LogP contribution in [0, 0.1) is 0 Å². The van der Waals surface area contributed by atoms with Crippen LogP contribution in [0.5, 0.6) is 0 Å². The Hall–Kier alpha value is -1.24. The van der Waals surface area contributed by atoms with Crippen molar-refractivity contribution in [2.75, 3.05) is 0 Å². The first kappa shape index (κ1) is 8.76. The average Bonchev–Trinajstić information content (AvgIpc) is 1.90. The molecule has 0 saturated heterocycles. The standard InChI is InChI=1S/3CNO.Rh/c3*2-1-3;/q3*-1;+3. The minimum atomic E-state index is -2.55. The van der Waals surface area contributed by atoms with E-state index in [2.05, 4.69) is 11.2 Å². The van der Waals surface area contributed by atoms with E-state index in [1.807, 2.05) is 0 Å². The second-order valence-corrected chi connectivity index (χ2v) is 2.78. The molecule has 0 spiro atoms. The third kappa shape index (κ3) is 3.73. The molecule has 0 aliphatic rings. The van der Waals surface area contributed by atoms with Gasteiger partial charge in [-0.3, -0.25) is 0 Å². The molecule has 0 unspecified atom stereocenters. The molecule has 0 bridgehead atoms. The van der Waals surface area contributed by atoms with Crippen LogP contribution in [0.2, 0.25) is 0 Å². The SMILES string of the molecule is O=C=[N][Rh]([N]=C=O)[N]=C=O. The minimum absolute atomic E-state index is 1.12. The summed E-state index contributed by atoms with van der Waals surface area (Å²) >= 11 is -2.55. The molecule has 0 saturated carbocycles. The van der Waals surface area contributed by atoms with Gasteiger partial charge in [-0.05, 0) is 0 Å². The van der Waals surface area contributed by atoms with E-state index in [0.717, 1.165) is 18.2 Å². The van der Waals surface area contributed by atoms with Crippen LogP contribution in [-0.4, -0.2) is 18.2 Å². The Balaban J connectivity index is 4.39. The molecular formula is C3N3O3Rh. The van der Waals surface area contributed by atoms with E-state index in [1.165, 1.54) is 0 Å². The summed E-state index contributed by atoms with van der Waals surface area (Å²) in [4.78, 5) is 28.6. The maximum absolute atomic E-state index is 9.53. The number of carbonyl (C=O) groups excluding carboxylic acids is 3. The van der Waals surface area contributed by atoms with Gasteiger partial charge in [0, 0.05) is 0 Å². The van der Waals surface area contributed by atoms with Crippen molar-refractivity contribution in [2.45, 2.75) is 0 Å². The van der Waals surface area contributed by atoms with E-state index in [1.54, 1.807) is 0 Å². The van der Waals surface area contributed by atoms with Crippen LogP contribution in [0.3, 0.4) is 0 Å². The first-order valence-electron chi connectivity index (χ1n) is 1.73. The molecule has 0 atom stereocenters. The topological polar surface area (TPSA) is 88.3 Å². The first-order valence-corrected chi connectivity index (χ1v) is 3.93. The predicted octanol–water partition coefficient (Wildman–Crippen LogP) is -0.643. The van der Waals surface area contributed by atoms with Crippen LogP contribution in [0.4, 0.5) is 0 Å². The molecule has 54 valence electrons. The zero-order chi connectivity index (χ0) is 7.82. The van der Waals surface area contributed by atoms with Crippen LogP contribution in [0.25, 0.3) is 0 Å². The van der Waals surface area contributed by atoms with Gasteiger partial charge in [0.05, 0.1) is 0 Å². The summed E-state index contributed by atoms with van der Waals surface area (Å²) in [5.41, 5.74) is 0. The van der Waals surface area contributed by atoms with Crippen molar-refractivity contribution < 1.29 is 31.0 Å². The number of rotatable bonds is 3. The van der Waals surface area contributed by atoms with Crippen molar-refractivity contribution >= 4 is 18.2 Å². The molecule has 10 heavy (non-hydrogen) atoms. The fraction of sp³-hybridized carbons (Fsp3) is 0. The van der Waals surface area contributed by atoms with Gasteiger partial charge >= 0.3 is 60.5 Å². The van der Waals surface area contributed by atoms with E-state index >= 15 is 0 Å². The van der Waals surface area contributed by atoms with E-state index in [9.17, 15) is 14.4 Å². The van der Waals surface area contributed by atoms with Gasteiger partial charge in [0.25, 0.3) is 0 Å². The predicted molar refractivity (Wildman–Crippen MR) is 24.4 cm³/mol. The van der Waals surface area contributed by atoms with Crippen molar-refractivity contribution in [3.8, 4) is 0 Å². The molecule has 0 aromatic carbocycles. The molecular weight excluding hydrogens is 229 g/mol. The molecule has 0 heterocycles. The Kier molecular flexibility index (Phi) is 5.16. The molecule has 6 nitrogen and oxygen atoms in total. The molecule has 0 rings (SSSR count). The van der Waals surface area contributed by atoms with Gasteiger partial charge in [0.2, 0.25) is 0 Å². The average molecular weight is 229 g/mol. The number of nitrogens with zero attached hydrogens (tertiary/aromatic N) is 3. The monoisotopic (exact) mass is 229 g/mol. The van der Waals surface area contributed by atoms with E-state index in [4.69, 9.17) is 0 Å². The zero-order valence-electron chi connectivity index (χ0n) is 4.40. The van der Waals surface area contributed by atoms with Gasteiger partial charge in [-0.2, -0.15) is 0 Å². The summed E-state index contributed by atoms with van der Waals surface area (Å²) in [7, 11) is 0. The van der Waals surface area contributed by atoms with Crippen LogP contribution in [0.1, 0.15) is 0 Å². The number of hydrogen-bond donors (Lipinski definition) is 0. The Bertz CT molecular complexity index is 203. The van der Waals surface area contributed by atoms with Crippen molar-refractivity contribution in [3.63, 3.8) is 0 Å². The summed E-state index contributed by atoms with van der Waals surface area (Å²) < 4.78 is 8.91. The molecule has 0 aliphatic heterocycles.